The molecule has 0 saturated carbocycles. The van der Waals surface area contributed by atoms with Crippen LogP contribution in [0.4, 0.5) is 0 Å². The van der Waals surface area contributed by atoms with Gasteiger partial charge in [0.2, 0.25) is 0 Å². The Labute approximate surface area is 95.7 Å². The Hall–Kier alpha value is -0.920. The third-order valence-corrected chi connectivity index (χ3v) is 3.57. The van der Waals surface area contributed by atoms with Gasteiger partial charge in [-0.1, -0.05) is 12.8 Å². The molecule has 1 aromatic rings. The topological polar surface area (TPSA) is 101 Å². The van der Waals surface area contributed by atoms with Crippen LogP contribution in [0.5, 0.6) is 0 Å². The maximum atomic E-state index is 11.6. The largest absolute Gasteiger partial charge is 0.335 e. The molecule has 4 N–H and O–H groups in total. The molecule has 0 aliphatic carbocycles. The summed E-state index contributed by atoms with van der Waals surface area (Å²) < 4.78 is 25.7. The highest BCUT2D eigenvalue weighted by molar-refractivity contribution is 7.89. The second kappa shape index (κ2) is 6.62. The summed E-state index contributed by atoms with van der Waals surface area (Å²) in [6.07, 6.45) is 6.48. The summed E-state index contributed by atoms with van der Waals surface area (Å²) in [5.74, 6) is 0. The number of nitrogens with one attached hydrogen (secondary N) is 2. The molecule has 1 rings (SSSR count). The summed E-state index contributed by atoms with van der Waals surface area (Å²) >= 11 is 0. The summed E-state index contributed by atoms with van der Waals surface area (Å²) in [5, 5.41) is 0.106. The first-order valence-corrected chi connectivity index (χ1v) is 6.83. The molecule has 0 unspecified atom stereocenters. The Bertz CT molecular complexity index is 374. The smallest absolute Gasteiger partial charge is 0.257 e. The van der Waals surface area contributed by atoms with Gasteiger partial charge in [0.05, 0.1) is 12.5 Å². The molecule has 1 aromatic heterocycles. The average Bonchev–Trinajstić information content (AvgIpc) is 2.77. The van der Waals surface area contributed by atoms with Crippen LogP contribution in [0.2, 0.25) is 0 Å². The van der Waals surface area contributed by atoms with Gasteiger partial charge < -0.3 is 10.7 Å². The second-order valence-electron chi connectivity index (χ2n) is 3.52. The van der Waals surface area contributed by atoms with E-state index in [1.807, 2.05) is 0 Å². The minimum Gasteiger partial charge on any atom is -0.335 e. The number of unbranched alkanes of at least 4 members (excludes halogenated alkanes) is 3. The Morgan fingerprint density at radius 3 is 2.69 bits per heavy atom. The molecule has 0 aromatic carbocycles. The van der Waals surface area contributed by atoms with Crippen LogP contribution < -0.4 is 10.5 Å². The molecule has 0 spiro atoms. The number of sulfonamides is 1. The van der Waals surface area contributed by atoms with Crippen molar-refractivity contribution in [1.82, 2.24) is 14.7 Å². The van der Waals surface area contributed by atoms with Gasteiger partial charge in [0, 0.05) is 6.54 Å². The van der Waals surface area contributed by atoms with E-state index in [4.69, 9.17) is 5.73 Å². The SMILES string of the molecule is NCCCCCCNS(=O)(=O)c1cnc[nH]1. The number of nitrogens with zero attached hydrogens (tertiary/aromatic N) is 1. The van der Waals surface area contributed by atoms with Gasteiger partial charge in [-0.2, -0.15) is 0 Å². The zero-order valence-electron chi connectivity index (χ0n) is 9.15. The number of hydrogen-bond donors (Lipinski definition) is 3. The molecule has 92 valence electrons. The van der Waals surface area contributed by atoms with Crippen molar-refractivity contribution >= 4 is 10.0 Å². The summed E-state index contributed by atoms with van der Waals surface area (Å²) in [5.41, 5.74) is 5.35. The van der Waals surface area contributed by atoms with Gasteiger partial charge in [0.1, 0.15) is 0 Å². The van der Waals surface area contributed by atoms with Gasteiger partial charge in [-0.15, -0.1) is 0 Å². The molecule has 1 heterocycles. The van der Waals surface area contributed by atoms with Crippen molar-refractivity contribution in [1.29, 1.82) is 0 Å². The second-order valence-corrected chi connectivity index (χ2v) is 5.25. The predicted molar refractivity (Wildman–Crippen MR) is 61.3 cm³/mol. The van der Waals surface area contributed by atoms with Crippen LogP contribution >= 0.6 is 0 Å². The van der Waals surface area contributed by atoms with Crippen LogP contribution in [-0.2, 0) is 10.0 Å². The van der Waals surface area contributed by atoms with Crippen LogP contribution in [0.1, 0.15) is 25.7 Å². The van der Waals surface area contributed by atoms with E-state index < -0.39 is 10.0 Å². The van der Waals surface area contributed by atoms with Gasteiger partial charge in [0.25, 0.3) is 10.0 Å². The van der Waals surface area contributed by atoms with Crippen molar-refractivity contribution in [3.63, 3.8) is 0 Å². The summed E-state index contributed by atoms with van der Waals surface area (Å²) in [7, 11) is -3.40. The fraction of sp³-hybridized carbons (Fsp3) is 0.667. The Balaban J connectivity index is 2.22. The number of H-pyrrole nitrogens is 1. The van der Waals surface area contributed by atoms with Gasteiger partial charge >= 0.3 is 0 Å². The van der Waals surface area contributed by atoms with Crippen molar-refractivity contribution < 1.29 is 8.42 Å². The van der Waals surface area contributed by atoms with Crippen molar-refractivity contribution in [3.8, 4) is 0 Å². The van der Waals surface area contributed by atoms with Crippen molar-refractivity contribution in [3.05, 3.63) is 12.5 Å². The van der Waals surface area contributed by atoms with E-state index >= 15 is 0 Å². The molecule has 0 saturated heterocycles. The Morgan fingerprint density at radius 1 is 1.31 bits per heavy atom. The lowest BCUT2D eigenvalue weighted by molar-refractivity contribution is 0.569. The minimum absolute atomic E-state index is 0.106. The van der Waals surface area contributed by atoms with Crippen LogP contribution in [0.3, 0.4) is 0 Å². The Kier molecular flexibility index (Phi) is 5.44. The molecule has 0 radical (unpaired) electrons. The minimum atomic E-state index is -3.40. The first kappa shape index (κ1) is 13.1. The molecule has 0 aliphatic rings. The van der Waals surface area contributed by atoms with E-state index in [2.05, 4.69) is 14.7 Å². The van der Waals surface area contributed by atoms with E-state index in [1.54, 1.807) is 0 Å². The quantitative estimate of drug-likeness (QED) is 0.571. The van der Waals surface area contributed by atoms with E-state index in [1.165, 1.54) is 12.5 Å². The number of rotatable bonds is 8. The molecule has 16 heavy (non-hydrogen) atoms. The van der Waals surface area contributed by atoms with Crippen molar-refractivity contribution in [2.45, 2.75) is 30.7 Å². The summed E-state index contributed by atoms with van der Waals surface area (Å²) in [6, 6.07) is 0. The normalized spacial score (nSPS) is 11.8. The van der Waals surface area contributed by atoms with Gasteiger partial charge in [-0.25, -0.2) is 18.1 Å². The number of aromatic amines is 1. The fourth-order valence-corrected chi connectivity index (χ4v) is 2.27. The van der Waals surface area contributed by atoms with E-state index in [0.717, 1.165) is 25.7 Å². The van der Waals surface area contributed by atoms with Gasteiger partial charge in [0.15, 0.2) is 5.03 Å². The molecular weight excluding hydrogens is 228 g/mol. The van der Waals surface area contributed by atoms with Crippen LogP contribution in [0.15, 0.2) is 17.6 Å². The first-order valence-electron chi connectivity index (χ1n) is 5.35. The summed E-state index contributed by atoms with van der Waals surface area (Å²) in [6.45, 7) is 1.14. The standard InChI is InChI=1S/C9H18N4O2S/c10-5-3-1-2-4-6-13-16(14,15)9-7-11-8-12-9/h7-8,13H,1-6,10H2,(H,11,12). The monoisotopic (exact) mass is 246 g/mol. The number of aromatic nitrogens is 2. The molecule has 0 fully saturated rings. The maximum absolute atomic E-state index is 11.6. The highest BCUT2D eigenvalue weighted by Gasteiger charge is 2.13. The third kappa shape index (κ3) is 4.30. The summed E-state index contributed by atoms with van der Waals surface area (Å²) in [4.78, 5) is 6.23. The Morgan fingerprint density at radius 2 is 2.06 bits per heavy atom. The zero-order valence-corrected chi connectivity index (χ0v) is 9.96. The zero-order chi connectivity index (χ0) is 11.9. The van der Waals surface area contributed by atoms with Crippen LogP contribution in [0, 0.1) is 0 Å². The first-order chi connectivity index (χ1) is 7.67. The number of nitrogens with two attached hydrogens (primary N) is 1. The number of imidazole rings is 1. The van der Waals surface area contributed by atoms with E-state index in [-0.39, 0.29) is 5.03 Å². The molecular formula is C9H18N4O2S. The lowest BCUT2D eigenvalue weighted by Crippen LogP contribution is -2.25. The maximum Gasteiger partial charge on any atom is 0.257 e. The molecule has 6 nitrogen and oxygen atoms in total. The van der Waals surface area contributed by atoms with Crippen LogP contribution in [0.25, 0.3) is 0 Å². The molecule has 7 heteroatoms. The predicted octanol–water partition coefficient (Wildman–Crippen LogP) is 0.207. The van der Waals surface area contributed by atoms with Gasteiger partial charge in [-0.3, -0.25) is 0 Å². The van der Waals surface area contributed by atoms with Crippen LogP contribution in [-0.4, -0.2) is 31.5 Å². The molecule has 0 bridgehead atoms. The fourth-order valence-electron chi connectivity index (χ4n) is 1.30. The van der Waals surface area contributed by atoms with Gasteiger partial charge in [-0.05, 0) is 19.4 Å². The highest BCUT2D eigenvalue weighted by atomic mass is 32.2. The van der Waals surface area contributed by atoms with E-state index in [0.29, 0.717) is 13.1 Å². The third-order valence-electron chi connectivity index (χ3n) is 2.19. The number of hydrogen-bond acceptors (Lipinski definition) is 4. The van der Waals surface area contributed by atoms with E-state index in [9.17, 15) is 8.42 Å². The lowest BCUT2D eigenvalue weighted by atomic mass is 10.2. The lowest BCUT2D eigenvalue weighted by Gasteiger charge is -2.04. The average molecular weight is 246 g/mol. The van der Waals surface area contributed by atoms with Crippen molar-refractivity contribution in [2.75, 3.05) is 13.1 Å². The molecule has 0 amide bonds. The van der Waals surface area contributed by atoms with Crippen molar-refractivity contribution in [2.24, 2.45) is 5.73 Å². The highest BCUT2D eigenvalue weighted by Crippen LogP contribution is 2.03. The molecule has 0 aliphatic heterocycles. The molecule has 0 atom stereocenters.